The van der Waals surface area contributed by atoms with Gasteiger partial charge < -0.3 is 9.64 Å². The van der Waals surface area contributed by atoms with Crippen LogP contribution in [-0.2, 0) is 9.53 Å². The molecule has 0 N–H and O–H groups in total. The zero-order valence-corrected chi connectivity index (χ0v) is 14.6. The number of rotatable bonds is 4. The van der Waals surface area contributed by atoms with Crippen LogP contribution in [0.1, 0.15) is 38.5 Å². The highest BCUT2D eigenvalue weighted by atomic mass is 19.1. The van der Waals surface area contributed by atoms with Crippen LogP contribution in [0.3, 0.4) is 0 Å². The second-order valence-corrected chi connectivity index (χ2v) is 7.67. The molecule has 2 aliphatic heterocycles. The predicted molar refractivity (Wildman–Crippen MR) is 92.9 cm³/mol. The Hall–Kier alpha value is -1.69. The summed E-state index contributed by atoms with van der Waals surface area (Å²) in [6.45, 7) is 4.69. The van der Waals surface area contributed by atoms with E-state index in [-0.39, 0.29) is 23.3 Å². The molecule has 1 atom stereocenters. The summed E-state index contributed by atoms with van der Waals surface area (Å²) >= 11 is 0. The average Bonchev–Trinajstić information content (AvgIpc) is 3.22. The number of carbonyl (C=O) groups is 1. The topological polar surface area (TPSA) is 45.7 Å². The largest absolute Gasteiger partial charge is 0.462 e. The molecule has 1 aromatic rings. The highest BCUT2D eigenvalue weighted by molar-refractivity contribution is 5.79. The molecule has 0 amide bonds. The van der Waals surface area contributed by atoms with Gasteiger partial charge in [0, 0.05) is 39.1 Å². The summed E-state index contributed by atoms with van der Waals surface area (Å²) in [6, 6.07) is 3.20. The van der Waals surface area contributed by atoms with E-state index in [2.05, 4.69) is 14.8 Å². The van der Waals surface area contributed by atoms with E-state index in [9.17, 15) is 9.18 Å². The van der Waals surface area contributed by atoms with Crippen molar-refractivity contribution in [1.29, 1.82) is 0 Å². The maximum absolute atomic E-state index is 13.0. The lowest BCUT2D eigenvalue weighted by atomic mass is 9.83. The zero-order chi connectivity index (χ0) is 17.3. The van der Waals surface area contributed by atoms with Crippen LogP contribution in [-0.4, -0.2) is 54.7 Å². The van der Waals surface area contributed by atoms with Gasteiger partial charge in [-0.1, -0.05) is 12.8 Å². The molecule has 136 valence electrons. The summed E-state index contributed by atoms with van der Waals surface area (Å²) in [5.41, 5.74) is -0.141. The third-order valence-corrected chi connectivity index (χ3v) is 6.06. The first kappa shape index (κ1) is 16.8. The smallest absolute Gasteiger partial charge is 0.312 e. The molecule has 1 spiro atoms. The Balaban J connectivity index is 1.23. The number of nitrogens with zero attached hydrogens (tertiary/aromatic N) is 3. The van der Waals surface area contributed by atoms with Gasteiger partial charge in [-0.3, -0.25) is 9.69 Å². The molecular weight excluding hydrogens is 321 g/mol. The van der Waals surface area contributed by atoms with Crippen molar-refractivity contribution in [1.82, 2.24) is 9.88 Å². The fourth-order valence-electron chi connectivity index (χ4n) is 4.54. The average molecular weight is 347 g/mol. The number of hydrogen-bond donors (Lipinski definition) is 0. The quantitative estimate of drug-likeness (QED) is 0.784. The Kier molecular flexibility index (Phi) is 4.63. The molecule has 2 saturated heterocycles. The van der Waals surface area contributed by atoms with E-state index in [1.807, 2.05) is 0 Å². The number of piperazine rings is 1. The van der Waals surface area contributed by atoms with E-state index in [4.69, 9.17) is 4.74 Å². The molecule has 4 rings (SSSR count). The molecule has 3 heterocycles. The molecule has 1 saturated carbocycles. The number of pyridine rings is 1. The summed E-state index contributed by atoms with van der Waals surface area (Å²) in [5, 5.41) is 0. The van der Waals surface area contributed by atoms with Gasteiger partial charge in [0.25, 0.3) is 0 Å². The second-order valence-electron chi connectivity index (χ2n) is 7.67. The Bertz CT molecular complexity index is 608. The minimum atomic E-state index is -0.298. The maximum atomic E-state index is 13.0. The number of aromatic nitrogens is 1. The lowest BCUT2D eigenvalue weighted by molar-refractivity contribution is -0.148. The SMILES string of the molecule is O=C1OC(CCN2CCN(c3ccc(F)cn3)CC2)CC12CCCC2. The molecular formula is C19H26FN3O2. The number of carbonyl (C=O) groups excluding carboxylic acids is 1. The number of esters is 1. The summed E-state index contributed by atoms with van der Waals surface area (Å²) < 4.78 is 18.6. The number of hydrogen-bond acceptors (Lipinski definition) is 5. The Morgan fingerprint density at radius 1 is 1.20 bits per heavy atom. The monoisotopic (exact) mass is 347 g/mol. The summed E-state index contributed by atoms with van der Waals surface area (Å²) in [6.07, 6.45) is 7.60. The van der Waals surface area contributed by atoms with E-state index in [1.165, 1.54) is 25.1 Å². The molecule has 3 fully saturated rings. The van der Waals surface area contributed by atoms with Crippen LogP contribution in [0.25, 0.3) is 0 Å². The lowest BCUT2D eigenvalue weighted by Gasteiger charge is -2.35. The lowest BCUT2D eigenvalue weighted by Crippen LogP contribution is -2.47. The minimum absolute atomic E-state index is 0.0576. The van der Waals surface area contributed by atoms with Crippen LogP contribution < -0.4 is 4.90 Å². The third-order valence-electron chi connectivity index (χ3n) is 6.06. The van der Waals surface area contributed by atoms with Crippen LogP contribution in [0.2, 0.25) is 0 Å². The van der Waals surface area contributed by atoms with Crippen molar-refractivity contribution < 1.29 is 13.9 Å². The number of halogens is 1. The van der Waals surface area contributed by atoms with Gasteiger partial charge in [-0.25, -0.2) is 9.37 Å². The predicted octanol–water partition coefficient (Wildman–Crippen LogP) is 2.61. The van der Waals surface area contributed by atoms with Crippen molar-refractivity contribution in [2.45, 2.75) is 44.6 Å². The molecule has 0 aromatic carbocycles. The van der Waals surface area contributed by atoms with Crippen molar-refractivity contribution in [2.75, 3.05) is 37.6 Å². The van der Waals surface area contributed by atoms with E-state index in [0.717, 1.165) is 64.2 Å². The standard InChI is InChI=1S/C19H26FN3O2/c20-15-3-4-17(21-14-15)23-11-9-22(10-12-23)8-5-16-13-19(18(24)25-16)6-1-2-7-19/h3-4,14,16H,1-2,5-13H2. The number of cyclic esters (lactones) is 1. The molecule has 5 nitrogen and oxygen atoms in total. The van der Waals surface area contributed by atoms with Gasteiger partial charge in [0.15, 0.2) is 0 Å². The van der Waals surface area contributed by atoms with Gasteiger partial charge in [0.2, 0.25) is 0 Å². The summed E-state index contributed by atoms with van der Waals surface area (Å²) in [7, 11) is 0. The zero-order valence-electron chi connectivity index (χ0n) is 14.6. The van der Waals surface area contributed by atoms with Crippen molar-refractivity contribution in [3.05, 3.63) is 24.1 Å². The molecule has 25 heavy (non-hydrogen) atoms. The van der Waals surface area contributed by atoms with Crippen LogP contribution in [0, 0.1) is 11.2 Å². The Morgan fingerprint density at radius 2 is 1.96 bits per heavy atom. The summed E-state index contributed by atoms with van der Waals surface area (Å²) in [4.78, 5) is 21.0. The summed E-state index contributed by atoms with van der Waals surface area (Å²) in [5.74, 6) is 0.602. The molecule has 3 aliphatic rings. The highest BCUT2D eigenvalue weighted by Gasteiger charge is 2.50. The van der Waals surface area contributed by atoms with Crippen molar-refractivity contribution in [3.8, 4) is 0 Å². The minimum Gasteiger partial charge on any atom is -0.462 e. The molecule has 0 radical (unpaired) electrons. The van der Waals surface area contributed by atoms with Gasteiger partial charge in [-0.15, -0.1) is 0 Å². The third kappa shape index (κ3) is 3.50. The van der Waals surface area contributed by atoms with Gasteiger partial charge in [-0.05, 0) is 31.4 Å². The number of ether oxygens (including phenoxy) is 1. The van der Waals surface area contributed by atoms with E-state index >= 15 is 0 Å². The first-order chi connectivity index (χ1) is 12.1. The molecule has 0 bridgehead atoms. The van der Waals surface area contributed by atoms with Crippen molar-refractivity contribution in [3.63, 3.8) is 0 Å². The van der Waals surface area contributed by atoms with Gasteiger partial charge in [0.1, 0.15) is 17.7 Å². The first-order valence-corrected chi connectivity index (χ1v) is 9.45. The van der Waals surface area contributed by atoms with Gasteiger partial charge >= 0.3 is 5.97 Å². The molecule has 1 aromatic heterocycles. The van der Waals surface area contributed by atoms with Crippen LogP contribution in [0.4, 0.5) is 10.2 Å². The van der Waals surface area contributed by atoms with Gasteiger partial charge in [-0.2, -0.15) is 0 Å². The van der Waals surface area contributed by atoms with E-state index in [1.54, 1.807) is 6.07 Å². The Labute approximate surface area is 148 Å². The highest BCUT2D eigenvalue weighted by Crippen LogP contribution is 2.48. The fourth-order valence-corrected chi connectivity index (χ4v) is 4.54. The molecule has 1 aliphatic carbocycles. The Morgan fingerprint density at radius 3 is 2.64 bits per heavy atom. The van der Waals surface area contributed by atoms with Crippen LogP contribution >= 0.6 is 0 Å². The van der Waals surface area contributed by atoms with Crippen LogP contribution in [0.5, 0.6) is 0 Å². The number of anilines is 1. The maximum Gasteiger partial charge on any atom is 0.312 e. The normalized spacial score (nSPS) is 26.4. The fraction of sp³-hybridized carbons (Fsp3) is 0.684. The first-order valence-electron chi connectivity index (χ1n) is 9.45. The molecule has 1 unspecified atom stereocenters. The van der Waals surface area contributed by atoms with Crippen molar-refractivity contribution >= 4 is 11.8 Å². The van der Waals surface area contributed by atoms with Gasteiger partial charge in [0.05, 0.1) is 11.6 Å². The van der Waals surface area contributed by atoms with Crippen molar-refractivity contribution in [2.24, 2.45) is 5.41 Å². The van der Waals surface area contributed by atoms with E-state index in [0.29, 0.717) is 0 Å². The second kappa shape index (κ2) is 6.90. The van der Waals surface area contributed by atoms with Crippen LogP contribution in [0.15, 0.2) is 18.3 Å². The molecule has 6 heteroatoms. The van der Waals surface area contributed by atoms with E-state index < -0.39 is 0 Å².